The molecule has 0 unspecified atom stereocenters. The smallest absolute Gasteiger partial charge is 0.227 e. The number of hydrogen-bond donors (Lipinski definition) is 2. The van der Waals surface area contributed by atoms with Gasteiger partial charge in [-0.05, 0) is 24.3 Å². The first-order valence-corrected chi connectivity index (χ1v) is 6.11. The summed E-state index contributed by atoms with van der Waals surface area (Å²) in [6.45, 7) is 0. The van der Waals surface area contributed by atoms with E-state index >= 15 is 0 Å². The van der Waals surface area contributed by atoms with Crippen LogP contribution in [-0.4, -0.2) is 20.1 Å². The molecule has 0 amide bonds. The highest BCUT2D eigenvalue weighted by molar-refractivity contribution is 5.62. The molecule has 0 atom stereocenters. The van der Waals surface area contributed by atoms with Crippen molar-refractivity contribution in [1.29, 1.82) is 0 Å². The molecule has 0 spiro atoms. The predicted octanol–water partition coefficient (Wildman–Crippen LogP) is 2.99. The standard InChI is InChI=1S/C15H12N4O/c20-13-8-11(9-16-10-13)14-6-7-17-15(19-14)18-12-4-2-1-3-5-12/h1-10,20H,(H,17,18,19). The number of anilines is 2. The summed E-state index contributed by atoms with van der Waals surface area (Å²) in [5, 5.41) is 12.6. The minimum absolute atomic E-state index is 0.110. The Labute approximate surface area is 116 Å². The Kier molecular flexibility index (Phi) is 3.24. The van der Waals surface area contributed by atoms with E-state index in [1.807, 2.05) is 30.3 Å². The monoisotopic (exact) mass is 264 g/mol. The number of pyridine rings is 1. The van der Waals surface area contributed by atoms with Crippen LogP contribution in [0.15, 0.2) is 61.1 Å². The number of rotatable bonds is 3. The molecule has 1 aromatic carbocycles. The van der Waals surface area contributed by atoms with E-state index in [9.17, 15) is 5.11 Å². The molecule has 2 N–H and O–H groups in total. The van der Waals surface area contributed by atoms with Crippen molar-refractivity contribution in [3.05, 3.63) is 61.1 Å². The number of nitrogens with one attached hydrogen (secondary N) is 1. The Morgan fingerprint density at radius 3 is 2.65 bits per heavy atom. The summed E-state index contributed by atoms with van der Waals surface area (Å²) in [6, 6.07) is 13.1. The molecule has 0 aliphatic rings. The van der Waals surface area contributed by atoms with Gasteiger partial charge in [0.1, 0.15) is 5.75 Å². The van der Waals surface area contributed by atoms with Gasteiger partial charge >= 0.3 is 0 Å². The van der Waals surface area contributed by atoms with Crippen LogP contribution in [0.2, 0.25) is 0 Å². The Hall–Kier alpha value is -2.95. The van der Waals surface area contributed by atoms with E-state index in [0.717, 1.165) is 11.3 Å². The molecule has 3 aromatic rings. The highest BCUT2D eigenvalue weighted by Crippen LogP contribution is 2.21. The number of aromatic hydroxyl groups is 1. The van der Waals surface area contributed by atoms with E-state index in [4.69, 9.17) is 0 Å². The molecule has 0 radical (unpaired) electrons. The molecule has 0 aliphatic heterocycles. The summed E-state index contributed by atoms with van der Waals surface area (Å²) in [6.07, 6.45) is 4.69. The van der Waals surface area contributed by atoms with Crippen molar-refractivity contribution in [3.63, 3.8) is 0 Å². The first kappa shape index (κ1) is 12.1. The highest BCUT2D eigenvalue weighted by atomic mass is 16.3. The first-order chi connectivity index (χ1) is 9.81. The number of benzene rings is 1. The minimum Gasteiger partial charge on any atom is -0.506 e. The van der Waals surface area contributed by atoms with Gasteiger partial charge in [-0.1, -0.05) is 18.2 Å². The van der Waals surface area contributed by atoms with Gasteiger partial charge in [0.25, 0.3) is 0 Å². The minimum atomic E-state index is 0.110. The number of hydrogen-bond acceptors (Lipinski definition) is 5. The largest absolute Gasteiger partial charge is 0.506 e. The number of nitrogens with zero attached hydrogens (tertiary/aromatic N) is 3. The van der Waals surface area contributed by atoms with E-state index in [1.54, 1.807) is 24.5 Å². The molecule has 5 nitrogen and oxygen atoms in total. The molecule has 0 saturated carbocycles. The SMILES string of the molecule is Oc1cncc(-c2ccnc(Nc3ccccc3)n2)c1. The maximum absolute atomic E-state index is 9.46. The van der Waals surface area contributed by atoms with Gasteiger partial charge in [0, 0.05) is 23.6 Å². The quantitative estimate of drug-likeness (QED) is 0.761. The Balaban J connectivity index is 1.90. The molecule has 5 heteroatoms. The molecule has 3 rings (SSSR count). The fraction of sp³-hybridized carbons (Fsp3) is 0. The van der Waals surface area contributed by atoms with Gasteiger partial charge < -0.3 is 10.4 Å². The lowest BCUT2D eigenvalue weighted by molar-refractivity contribution is 0.473. The van der Waals surface area contributed by atoms with Gasteiger partial charge in [-0.2, -0.15) is 0 Å². The lowest BCUT2D eigenvalue weighted by Gasteiger charge is -2.06. The molecule has 0 saturated heterocycles. The lowest BCUT2D eigenvalue weighted by atomic mass is 10.2. The average molecular weight is 264 g/mol. The van der Waals surface area contributed by atoms with E-state index in [0.29, 0.717) is 11.6 Å². The van der Waals surface area contributed by atoms with Crippen LogP contribution >= 0.6 is 0 Å². The fourth-order valence-electron chi connectivity index (χ4n) is 1.80. The van der Waals surface area contributed by atoms with Crippen LogP contribution in [0, 0.1) is 0 Å². The zero-order valence-electron chi connectivity index (χ0n) is 10.6. The average Bonchev–Trinajstić information content (AvgIpc) is 2.49. The van der Waals surface area contributed by atoms with E-state index in [1.165, 1.54) is 6.20 Å². The van der Waals surface area contributed by atoms with Crippen LogP contribution in [0.25, 0.3) is 11.3 Å². The fourth-order valence-corrected chi connectivity index (χ4v) is 1.80. The third-order valence-corrected chi connectivity index (χ3v) is 2.71. The normalized spacial score (nSPS) is 10.2. The topological polar surface area (TPSA) is 70.9 Å². The maximum atomic E-state index is 9.46. The van der Waals surface area contributed by atoms with Gasteiger partial charge in [0.2, 0.25) is 5.95 Å². The van der Waals surface area contributed by atoms with Crippen LogP contribution in [-0.2, 0) is 0 Å². The number of aromatic nitrogens is 3. The second-order valence-electron chi connectivity index (χ2n) is 4.19. The zero-order chi connectivity index (χ0) is 13.8. The molecular weight excluding hydrogens is 252 g/mol. The van der Waals surface area contributed by atoms with E-state index in [-0.39, 0.29) is 5.75 Å². The molecule has 20 heavy (non-hydrogen) atoms. The Morgan fingerprint density at radius 1 is 1.00 bits per heavy atom. The van der Waals surface area contributed by atoms with Crippen molar-refractivity contribution >= 4 is 11.6 Å². The van der Waals surface area contributed by atoms with Crippen LogP contribution < -0.4 is 5.32 Å². The molecule has 98 valence electrons. The van der Waals surface area contributed by atoms with Gasteiger partial charge in [-0.3, -0.25) is 4.98 Å². The lowest BCUT2D eigenvalue weighted by Crippen LogP contribution is -1.97. The molecule has 0 bridgehead atoms. The van der Waals surface area contributed by atoms with Crippen molar-refractivity contribution < 1.29 is 5.11 Å². The van der Waals surface area contributed by atoms with Crippen LogP contribution in [0.3, 0.4) is 0 Å². The summed E-state index contributed by atoms with van der Waals surface area (Å²) >= 11 is 0. The molecule has 0 fully saturated rings. The van der Waals surface area contributed by atoms with Crippen molar-refractivity contribution in [2.45, 2.75) is 0 Å². The van der Waals surface area contributed by atoms with Gasteiger partial charge in [-0.25, -0.2) is 9.97 Å². The highest BCUT2D eigenvalue weighted by Gasteiger charge is 2.04. The van der Waals surface area contributed by atoms with Crippen LogP contribution in [0.1, 0.15) is 0 Å². The maximum Gasteiger partial charge on any atom is 0.227 e. The third kappa shape index (κ3) is 2.72. The van der Waals surface area contributed by atoms with Crippen LogP contribution in [0.4, 0.5) is 11.6 Å². The van der Waals surface area contributed by atoms with Crippen molar-refractivity contribution in [1.82, 2.24) is 15.0 Å². The van der Waals surface area contributed by atoms with Crippen LogP contribution in [0.5, 0.6) is 5.75 Å². The zero-order valence-corrected chi connectivity index (χ0v) is 10.6. The molecule has 2 aromatic heterocycles. The summed E-state index contributed by atoms with van der Waals surface area (Å²) in [4.78, 5) is 12.5. The number of para-hydroxylation sites is 1. The van der Waals surface area contributed by atoms with Gasteiger partial charge in [0.05, 0.1) is 11.9 Å². The Bertz CT molecular complexity index is 716. The summed E-state index contributed by atoms with van der Waals surface area (Å²) < 4.78 is 0. The Morgan fingerprint density at radius 2 is 1.85 bits per heavy atom. The van der Waals surface area contributed by atoms with Crippen molar-refractivity contribution in [2.75, 3.05) is 5.32 Å². The summed E-state index contributed by atoms with van der Waals surface area (Å²) in [5.74, 6) is 0.607. The molecule has 2 heterocycles. The second kappa shape index (κ2) is 5.36. The third-order valence-electron chi connectivity index (χ3n) is 2.71. The van der Waals surface area contributed by atoms with E-state index < -0.39 is 0 Å². The van der Waals surface area contributed by atoms with Crippen molar-refractivity contribution in [2.24, 2.45) is 0 Å². The van der Waals surface area contributed by atoms with Crippen molar-refractivity contribution in [3.8, 4) is 17.0 Å². The van der Waals surface area contributed by atoms with E-state index in [2.05, 4.69) is 20.3 Å². The second-order valence-corrected chi connectivity index (χ2v) is 4.19. The summed E-state index contributed by atoms with van der Waals surface area (Å²) in [5.41, 5.74) is 2.35. The predicted molar refractivity (Wildman–Crippen MR) is 76.7 cm³/mol. The first-order valence-electron chi connectivity index (χ1n) is 6.11. The van der Waals surface area contributed by atoms with Gasteiger partial charge in [0.15, 0.2) is 0 Å². The molecular formula is C15H12N4O. The molecule has 0 aliphatic carbocycles. The van der Waals surface area contributed by atoms with Gasteiger partial charge in [-0.15, -0.1) is 0 Å². The summed E-state index contributed by atoms with van der Waals surface area (Å²) in [7, 11) is 0.